The van der Waals surface area contributed by atoms with Gasteiger partial charge in [-0.1, -0.05) is 0 Å². The summed E-state index contributed by atoms with van der Waals surface area (Å²) < 4.78 is 10.7. The molecule has 0 radical (unpaired) electrons. The fourth-order valence-corrected chi connectivity index (χ4v) is 2.68. The first-order chi connectivity index (χ1) is 8.40. The molecule has 0 aromatic heterocycles. The van der Waals surface area contributed by atoms with Crippen molar-refractivity contribution < 1.29 is 14.4 Å². The summed E-state index contributed by atoms with van der Waals surface area (Å²) in [5.41, 5.74) is -0.264. The standard InChI is InChI=1S/C10H15N2O5P/c13-9-7-8(10(9)14)12(4-1-3-11-7)5-2-6-18(15,16)17/h11H,1-6H2,(H2,15,16,17). The van der Waals surface area contributed by atoms with Gasteiger partial charge < -0.3 is 20.0 Å². The van der Waals surface area contributed by atoms with E-state index in [1.54, 1.807) is 4.90 Å². The van der Waals surface area contributed by atoms with Crippen LogP contribution in [0, 0.1) is 0 Å². The van der Waals surface area contributed by atoms with Crippen molar-refractivity contribution in [3.8, 4) is 0 Å². The van der Waals surface area contributed by atoms with Gasteiger partial charge in [0.1, 0.15) is 11.4 Å². The predicted octanol–water partition coefficient (Wildman–Crippen LogP) is -0.528. The fourth-order valence-electron chi connectivity index (χ4n) is 2.13. The molecule has 8 heteroatoms. The van der Waals surface area contributed by atoms with Crippen LogP contribution in [0.5, 0.6) is 0 Å². The molecule has 0 aliphatic carbocycles. The number of nitrogens with zero attached hydrogens (tertiary/aromatic N) is 1. The zero-order valence-corrected chi connectivity index (χ0v) is 10.7. The Hall–Kier alpha value is -1.17. The van der Waals surface area contributed by atoms with Crippen molar-refractivity contribution in [1.82, 2.24) is 0 Å². The normalized spacial score (nSPS) is 16.2. The number of anilines is 2. The second-order valence-corrected chi connectivity index (χ2v) is 6.17. The molecule has 3 N–H and O–H groups in total. The minimum Gasteiger partial charge on any atom is -0.380 e. The highest BCUT2D eigenvalue weighted by atomic mass is 31.2. The molecule has 7 nitrogen and oxygen atoms in total. The lowest BCUT2D eigenvalue weighted by molar-refractivity contribution is 0.371. The molecule has 0 bridgehead atoms. The van der Waals surface area contributed by atoms with E-state index in [-0.39, 0.29) is 6.16 Å². The number of hydrogen-bond acceptors (Lipinski definition) is 5. The average molecular weight is 274 g/mol. The minimum absolute atomic E-state index is 0.207. The van der Waals surface area contributed by atoms with E-state index in [1.165, 1.54) is 0 Å². The van der Waals surface area contributed by atoms with E-state index < -0.39 is 18.5 Å². The highest BCUT2D eigenvalue weighted by Crippen LogP contribution is 2.35. The minimum atomic E-state index is -4.00. The maximum Gasteiger partial charge on any atom is 0.325 e. The van der Waals surface area contributed by atoms with Crippen molar-refractivity contribution in [2.24, 2.45) is 0 Å². The van der Waals surface area contributed by atoms with Gasteiger partial charge in [0.2, 0.25) is 0 Å². The SMILES string of the molecule is O=c1c2c(c1=O)N(CCCP(=O)(O)O)CCCN2. The molecule has 0 saturated carbocycles. The monoisotopic (exact) mass is 274 g/mol. The van der Waals surface area contributed by atoms with Crippen molar-refractivity contribution >= 4 is 19.0 Å². The van der Waals surface area contributed by atoms with Crippen LogP contribution in [0.4, 0.5) is 11.4 Å². The van der Waals surface area contributed by atoms with Gasteiger partial charge in [-0.2, -0.15) is 0 Å². The van der Waals surface area contributed by atoms with Crippen LogP contribution in [-0.4, -0.2) is 35.6 Å². The number of rotatable bonds is 4. The summed E-state index contributed by atoms with van der Waals surface area (Å²) in [5, 5.41) is 2.91. The number of nitrogens with one attached hydrogen (secondary N) is 1. The molecule has 1 heterocycles. The maximum absolute atomic E-state index is 11.5. The third-order valence-electron chi connectivity index (χ3n) is 2.99. The molecule has 0 amide bonds. The van der Waals surface area contributed by atoms with Crippen LogP contribution >= 0.6 is 7.60 Å². The van der Waals surface area contributed by atoms with Crippen LogP contribution in [0.3, 0.4) is 0 Å². The predicted molar refractivity (Wildman–Crippen MR) is 68.2 cm³/mol. The highest BCUT2D eigenvalue weighted by Gasteiger charge is 2.27. The highest BCUT2D eigenvalue weighted by molar-refractivity contribution is 7.51. The van der Waals surface area contributed by atoms with E-state index in [1.807, 2.05) is 0 Å². The van der Waals surface area contributed by atoms with Crippen LogP contribution in [0.1, 0.15) is 12.8 Å². The van der Waals surface area contributed by atoms with Gasteiger partial charge in [-0.15, -0.1) is 0 Å². The lowest BCUT2D eigenvalue weighted by Gasteiger charge is -2.24. The quantitative estimate of drug-likeness (QED) is 0.500. The molecule has 0 spiro atoms. The van der Waals surface area contributed by atoms with Gasteiger partial charge in [-0.3, -0.25) is 14.2 Å². The lowest BCUT2D eigenvalue weighted by atomic mass is 10.1. The van der Waals surface area contributed by atoms with Crippen LogP contribution in [0.15, 0.2) is 9.59 Å². The second kappa shape index (κ2) is 4.84. The first-order valence-electron chi connectivity index (χ1n) is 5.77. The Balaban J connectivity index is 2.05. The van der Waals surface area contributed by atoms with Gasteiger partial charge >= 0.3 is 7.60 Å². The fraction of sp³-hybridized carbons (Fsp3) is 0.600. The van der Waals surface area contributed by atoms with Crippen molar-refractivity contribution in [2.75, 3.05) is 36.0 Å². The van der Waals surface area contributed by atoms with Gasteiger partial charge in [0, 0.05) is 19.6 Å². The molecule has 0 atom stereocenters. The zero-order valence-electron chi connectivity index (χ0n) is 9.76. The average Bonchev–Trinajstić information content (AvgIpc) is 2.47. The van der Waals surface area contributed by atoms with Gasteiger partial charge in [0.15, 0.2) is 0 Å². The van der Waals surface area contributed by atoms with Gasteiger partial charge in [0.05, 0.1) is 6.16 Å². The van der Waals surface area contributed by atoms with Crippen molar-refractivity contribution in [3.63, 3.8) is 0 Å². The lowest BCUT2D eigenvalue weighted by Crippen LogP contribution is -2.41. The Labute approximate surface area is 103 Å². The van der Waals surface area contributed by atoms with E-state index in [2.05, 4.69) is 5.32 Å². The van der Waals surface area contributed by atoms with E-state index in [4.69, 9.17) is 9.79 Å². The Morgan fingerprint density at radius 1 is 1.28 bits per heavy atom. The van der Waals surface area contributed by atoms with E-state index in [9.17, 15) is 14.2 Å². The Morgan fingerprint density at radius 3 is 2.67 bits per heavy atom. The van der Waals surface area contributed by atoms with Crippen molar-refractivity contribution in [1.29, 1.82) is 0 Å². The second-order valence-electron chi connectivity index (χ2n) is 4.39. The summed E-state index contributed by atoms with van der Waals surface area (Å²) in [7, 11) is -4.00. The molecule has 1 aromatic rings. The summed E-state index contributed by atoms with van der Waals surface area (Å²) in [6, 6.07) is 0. The summed E-state index contributed by atoms with van der Waals surface area (Å²) in [6.45, 7) is 1.63. The third kappa shape index (κ3) is 2.63. The van der Waals surface area contributed by atoms with E-state index >= 15 is 0 Å². The molecule has 1 aliphatic heterocycles. The molecule has 100 valence electrons. The first kappa shape index (κ1) is 13.3. The summed E-state index contributed by atoms with van der Waals surface area (Å²) in [4.78, 5) is 42.1. The number of hydrogen-bond donors (Lipinski definition) is 3. The Kier molecular flexibility index (Phi) is 3.56. The Bertz CT molecular complexity index is 557. The van der Waals surface area contributed by atoms with Crippen molar-refractivity contribution in [2.45, 2.75) is 12.8 Å². The van der Waals surface area contributed by atoms with Crippen LogP contribution in [0.2, 0.25) is 0 Å². The Morgan fingerprint density at radius 2 is 2.00 bits per heavy atom. The van der Waals surface area contributed by atoms with E-state index in [0.29, 0.717) is 37.4 Å². The molecule has 1 aliphatic rings. The van der Waals surface area contributed by atoms with Crippen LogP contribution in [0.25, 0.3) is 0 Å². The van der Waals surface area contributed by atoms with Crippen LogP contribution in [-0.2, 0) is 4.57 Å². The van der Waals surface area contributed by atoms with Gasteiger partial charge in [0.25, 0.3) is 10.9 Å². The summed E-state index contributed by atoms with van der Waals surface area (Å²) in [6.07, 6.45) is 0.869. The van der Waals surface area contributed by atoms with Crippen molar-refractivity contribution in [3.05, 3.63) is 20.4 Å². The first-order valence-corrected chi connectivity index (χ1v) is 7.56. The molecular formula is C10H15N2O5P. The largest absolute Gasteiger partial charge is 0.380 e. The van der Waals surface area contributed by atoms with Gasteiger partial charge in [-0.25, -0.2) is 0 Å². The molecule has 18 heavy (non-hydrogen) atoms. The van der Waals surface area contributed by atoms with E-state index in [0.717, 1.165) is 6.42 Å². The molecule has 0 fully saturated rings. The molecule has 0 saturated heterocycles. The topological polar surface area (TPSA) is 107 Å². The third-order valence-corrected chi connectivity index (χ3v) is 3.88. The zero-order chi connectivity index (χ0) is 13.3. The van der Waals surface area contributed by atoms with Gasteiger partial charge in [-0.05, 0) is 12.8 Å². The smallest absolute Gasteiger partial charge is 0.325 e. The number of fused-ring (bicyclic) bond motifs is 1. The molecular weight excluding hydrogens is 259 g/mol. The molecule has 2 rings (SSSR count). The van der Waals surface area contributed by atoms with Crippen LogP contribution < -0.4 is 21.1 Å². The molecule has 1 aromatic carbocycles. The summed E-state index contributed by atoms with van der Waals surface area (Å²) in [5.74, 6) is 0. The maximum atomic E-state index is 11.5. The molecule has 0 unspecified atom stereocenters. The summed E-state index contributed by atoms with van der Waals surface area (Å²) >= 11 is 0.